The molecule has 1 amide bonds. The van der Waals surface area contributed by atoms with E-state index in [1.54, 1.807) is 6.07 Å². The molecule has 0 radical (unpaired) electrons. The molecule has 1 atom stereocenters. The first-order chi connectivity index (χ1) is 9.56. The van der Waals surface area contributed by atoms with Crippen LogP contribution in [0, 0.1) is 5.82 Å². The number of rotatable bonds is 5. The number of carbonyl (C=O) groups is 1. The van der Waals surface area contributed by atoms with Gasteiger partial charge in [0.2, 0.25) is 5.91 Å². The molecule has 0 aromatic heterocycles. The maximum absolute atomic E-state index is 13.6. The summed E-state index contributed by atoms with van der Waals surface area (Å²) < 4.78 is 25.5. The maximum Gasteiger partial charge on any atom is 0.232 e. The first-order valence-corrected chi connectivity index (χ1v) is 8.50. The molecule has 1 aromatic rings. The van der Waals surface area contributed by atoms with Gasteiger partial charge in [-0.25, -0.2) is 4.39 Å². The van der Waals surface area contributed by atoms with Crippen LogP contribution >= 0.6 is 11.6 Å². The summed E-state index contributed by atoms with van der Waals surface area (Å²) in [5.74, 6) is -0.866. The summed E-state index contributed by atoms with van der Waals surface area (Å²) in [6.07, 6.45) is 4.22. The zero-order chi connectivity index (χ0) is 14.5. The molecule has 0 bridgehead atoms. The van der Waals surface area contributed by atoms with E-state index in [0.717, 1.165) is 25.7 Å². The highest BCUT2D eigenvalue weighted by molar-refractivity contribution is 7.84. The molecule has 2 rings (SSSR count). The van der Waals surface area contributed by atoms with Gasteiger partial charge in [-0.15, -0.1) is 0 Å². The third kappa shape index (κ3) is 4.28. The Hall–Kier alpha value is -0.940. The van der Waals surface area contributed by atoms with Crippen molar-refractivity contribution >= 4 is 28.3 Å². The van der Waals surface area contributed by atoms with Gasteiger partial charge >= 0.3 is 0 Å². The molecular weight excluding hydrogens is 301 g/mol. The lowest BCUT2D eigenvalue weighted by Gasteiger charge is -2.12. The van der Waals surface area contributed by atoms with Gasteiger partial charge in [-0.2, -0.15) is 0 Å². The third-order valence-corrected chi connectivity index (χ3v) is 4.93. The average molecular weight is 318 g/mol. The van der Waals surface area contributed by atoms with Crippen LogP contribution in [0.5, 0.6) is 0 Å². The summed E-state index contributed by atoms with van der Waals surface area (Å²) in [4.78, 5) is 11.7. The molecule has 1 aliphatic rings. The number of hydrogen-bond donors (Lipinski definition) is 1. The minimum absolute atomic E-state index is 0.0381. The molecule has 3 nitrogen and oxygen atoms in total. The van der Waals surface area contributed by atoms with Crippen molar-refractivity contribution in [2.45, 2.75) is 37.5 Å². The molecule has 6 heteroatoms. The Labute approximate surface area is 125 Å². The van der Waals surface area contributed by atoms with E-state index in [-0.39, 0.29) is 34.0 Å². The van der Waals surface area contributed by atoms with Crippen LogP contribution in [-0.2, 0) is 21.3 Å². The summed E-state index contributed by atoms with van der Waals surface area (Å²) in [6, 6.07) is 4.53. The molecule has 1 aromatic carbocycles. The van der Waals surface area contributed by atoms with Crippen molar-refractivity contribution in [3.63, 3.8) is 0 Å². The molecule has 0 saturated heterocycles. The summed E-state index contributed by atoms with van der Waals surface area (Å²) in [5.41, 5.74) is 0.209. The largest absolute Gasteiger partial charge is 0.353 e. The first-order valence-electron chi connectivity index (χ1n) is 6.63. The fourth-order valence-electron chi connectivity index (χ4n) is 2.37. The highest BCUT2D eigenvalue weighted by Gasteiger charge is 2.19. The van der Waals surface area contributed by atoms with Gasteiger partial charge in [0.1, 0.15) is 11.6 Å². The molecule has 1 saturated carbocycles. The zero-order valence-corrected chi connectivity index (χ0v) is 12.6. The predicted octanol–water partition coefficient (Wildman–Crippen LogP) is 2.79. The molecule has 0 aliphatic heterocycles. The summed E-state index contributed by atoms with van der Waals surface area (Å²) in [5, 5.41) is 3.11. The van der Waals surface area contributed by atoms with Gasteiger partial charge < -0.3 is 5.32 Å². The highest BCUT2D eigenvalue weighted by atomic mass is 35.5. The van der Waals surface area contributed by atoms with Crippen molar-refractivity contribution in [1.82, 2.24) is 5.32 Å². The van der Waals surface area contributed by atoms with E-state index in [0.29, 0.717) is 0 Å². The summed E-state index contributed by atoms with van der Waals surface area (Å²) in [7, 11) is -1.46. The second-order valence-corrected chi connectivity index (χ2v) is 6.84. The minimum Gasteiger partial charge on any atom is -0.353 e. The van der Waals surface area contributed by atoms with E-state index >= 15 is 0 Å². The van der Waals surface area contributed by atoms with Crippen LogP contribution in [0.4, 0.5) is 4.39 Å². The van der Waals surface area contributed by atoms with Gasteiger partial charge in [-0.1, -0.05) is 30.5 Å². The van der Waals surface area contributed by atoms with Crippen LogP contribution in [0.2, 0.25) is 5.02 Å². The highest BCUT2D eigenvalue weighted by Crippen LogP contribution is 2.21. The van der Waals surface area contributed by atoms with Crippen LogP contribution in [0.3, 0.4) is 0 Å². The fourth-order valence-corrected chi connectivity index (χ4v) is 3.77. The number of nitrogens with one attached hydrogen (secondary N) is 1. The van der Waals surface area contributed by atoms with E-state index in [9.17, 15) is 13.4 Å². The molecule has 1 N–H and O–H groups in total. The molecular formula is C14H17ClFNO2S. The van der Waals surface area contributed by atoms with E-state index in [1.807, 2.05) is 0 Å². The number of benzene rings is 1. The van der Waals surface area contributed by atoms with Crippen molar-refractivity contribution in [2.24, 2.45) is 0 Å². The Morgan fingerprint density at radius 1 is 1.40 bits per heavy atom. The van der Waals surface area contributed by atoms with Gasteiger partial charge in [-0.3, -0.25) is 9.00 Å². The number of amides is 1. The number of carbonyl (C=O) groups excluding carboxylic acids is 1. The van der Waals surface area contributed by atoms with Crippen LogP contribution in [0.1, 0.15) is 31.2 Å². The Kier molecular flexibility index (Phi) is 5.54. The lowest BCUT2D eigenvalue weighted by molar-refractivity contribution is -0.119. The zero-order valence-electron chi connectivity index (χ0n) is 11.0. The Morgan fingerprint density at radius 3 is 2.75 bits per heavy atom. The predicted molar refractivity (Wildman–Crippen MR) is 78.5 cm³/mol. The molecule has 1 unspecified atom stereocenters. The van der Waals surface area contributed by atoms with Gasteiger partial charge in [0.25, 0.3) is 0 Å². The van der Waals surface area contributed by atoms with Gasteiger partial charge in [-0.05, 0) is 25.0 Å². The van der Waals surface area contributed by atoms with Crippen LogP contribution in [-0.4, -0.2) is 21.9 Å². The molecule has 110 valence electrons. The SMILES string of the molecule is O=C(CS(=O)Cc1c(F)cccc1Cl)NC1CCCC1. The quantitative estimate of drug-likeness (QED) is 0.907. The second kappa shape index (κ2) is 7.18. The first kappa shape index (κ1) is 15.4. The third-order valence-electron chi connectivity index (χ3n) is 3.38. The van der Waals surface area contributed by atoms with Gasteiger partial charge in [0.05, 0.1) is 5.75 Å². The molecule has 1 fully saturated rings. The Bertz CT molecular complexity index is 498. The van der Waals surface area contributed by atoms with E-state index in [2.05, 4.69) is 5.32 Å². The van der Waals surface area contributed by atoms with Crippen molar-refractivity contribution in [3.8, 4) is 0 Å². The number of hydrogen-bond acceptors (Lipinski definition) is 2. The summed E-state index contributed by atoms with van der Waals surface area (Å²) in [6.45, 7) is 0. The number of halogens is 2. The van der Waals surface area contributed by atoms with Gasteiger partial charge in [0, 0.05) is 27.4 Å². The van der Waals surface area contributed by atoms with E-state index in [4.69, 9.17) is 11.6 Å². The smallest absolute Gasteiger partial charge is 0.232 e. The molecule has 20 heavy (non-hydrogen) atoms. The van der Waals surface area contributed by atoms with Crippen molar-refractivity contribution in [1.29, 1.82) is 0 Å². The van der Waals surface area contributed by atoms with E-state index < -0.39 is 16.6 Å². The molecule has 1 aliphatic carbocycles. The second-order valence-electron chi connectivity index (χ2n) is 4.98. The van der Waals surface area contributed by atoms with Gasteiger partial charge in [0.15, 0.2) is 0 Å². The van der Waals surface area contributed by atoms with Crippen molar-refractivity contribution in [3.05, 3.63) is 34.6 Å². The normalized spacial score (nSPS) is 17.1. The van der Waals surface area contributed by atoms with Crippen LogP contribution < -0.4 is 5.32 Å². The van der Waals surface area contributed by atoms with Crippen molar-refractivity contribution in [2.75, 3.05) is 5.75 Å². The average Bonchev–Trinajstić information content (AvgIpc) is 2.86. The lowest BCUT2D eigenvalue weighted by atomic mass is 10.2. The van der Waals surface area contributed by atoms with Crippen LogP contribution in [0.25, 0.3) is 0 Å². The van der Waals surface area contributed by atoms with Crippen molar-refractivity contribution < 1.29 is 13.4 Å². The monoisotopic (exact) mass is 317 g/mol. The standard InChI is InChI=1S/C14H17ClFNO2S/c15-12-6-3-7-13(16)11(12)8-20(19)9-14(18)17-10-4-1-2-5-10/h3,6-7,10H,1-2,4-5,8-9H2,(H,17,18). The minimum atomic E-state index is -1.46. The lowest BCUT2D eigenvalue weighted by Crippen LogP contribution is -2.35. The fraction of sp³-hybridized carbons (Fsp3) is 0.500. The maximum atomic E-state index is 13.6. The molecule has 0 spiro atoms. The summed E-state index contributed by atoms with van der Waals surface area (Å²) >= 11 is 5.87. The van der Waals surface area contributed by atoms with Crippen LogP contribution in [0.15, 0.2) is 18.2 Å². The van der Waals surface area contributed by atoms with E-state index in [1.165, 1.54) is 12.1 Å². The Morgan fingerprint density at radius 2 is 2.10 bits per heavy atom. The topological polar surface area (TPSA) is 46.2 Å². The Balaban J connectivity index is 1.87. The molecule has 0 heterocycles.